The minimum absolute atomic E-state index is 0.183. The Morgan fingerprint density at radius 2 is 1.97 bits per heavy atom. The van der Waals surface area contributed by atoms with Crippen LogP contribution in [0.1, 0.15) is 36.7 Å². The van der Waals surface area contributed by atoms with Crippen LogP contribution in [0.5, 0.6) is 11.6 Å². The molecule has 2 unspecified atom stereocenters. The highest BCUT2D eigenvalue weighted by molar-refractivity contribution is 5.44. The Hall–Kier alpha value is -3.36. The molecule has 0 spiro atoms. The van der Waals surface area contributed by atoms with E-state index in [-0.39, 0.29) is 17.4 Å². The van der Waals surface area contributed by atoms with Gasteiger partial charge in [0.15, 0.2) is 0 Å². The summed E-state index contributed by atoms with van der Waals surface area (Å²) in [7, 11) is 5.11. The molecule has 9 nitrogen and oxygen atoms in total. The third kappa shape index (κ3) is 5.42. The van der Waals surface area contributed by atoms with Crippen molar-refractivity contribution in [3.63, 3.8) is 0 Å². The van der Waals surface area contributed by atoms with E-state index in [1.807, 2.05) is 32.3 Å². The molecule has 0 saturated heterocycles. The summed E-state index contributed by atoms with van der Waals surface area (Å²) >= 11 is 0. The van der Waals surface area contributed by atoms with Crippen LogP contribution in [-0.4, -0.2) is 38.3 Å². The molecular formula is C22H30N6O3. The second-order valence-electron chi connectivity index (χ2n) is 7.81. The average Bonchev–Trinajstić information content (AvgIpc) is 3.09. The van der Waals surface area contributed by atoms with Gasteiger partial charge in [0.05, 0.1) is 32.2 Å². The van der Waals surface area contributed by atoms with Crippen LogP contribution in [0.3, 0.4) is 0 Å². The van der Waals surface area contributed by atoms with Gasteiger partial charge >= 0.3 is 0 Å². The van der Waals surface area contributed by atoms with Crippen molar-refractivity contribution in [2.45, 2.75) is 33.2 Å². The number of ether oxygens (including phenoxy) is 2. The lowest BCUT2D eigenvalue weighted by Gasteiger charge is -2.20. The molecule has 0 radical (unpaired) electrons. The van der Waals surface area contributed by atoms with Crippen molar-refractivity contribution in [1.29, 1.82) is 0 Å². The minimum Gasteiger partial charge on any atom is -0.495 e. The summed E-state index contributed by atoms with van der Waals surface area (Å²) in [6, 6.07) is 5.51. The molecule has 2 atom stereocenters. The predicted molar refractivity (Wildman–Crippen MR) is 119 cm³/mol. The summed E-state index contributed by atoms with van der Waals surface area (Å²) in [6.07, 6.45) is 3.66. The molecule has 0 amide bonds. The first kappa shape index (κ1) is 22.3. The molecule has 31 heavy (non-hydrogen) atoms. The molecule has 0 aliphatic carbocycles. The lowest BCUT2D eigenvalue weighted by molar-refractivity contribution is 0.228. The number of hydrogen-bond acceptors (Lipinski definition) is 7. The Balaban J connectivity index is 1.65. The maximum Gasteiger partial charge on any atom is 0.290 e. The SMILES string of the molecule is COc1ccc(C(C)C(C)COc2cc(NCc3nn(C)cc3C)c(=O)n(C)n2)nc1. The monoisotopic (exact) mass is 426 g/mol. The first-order chi connectivity index (χ1) is 14.8. The van der Waals surface area contributed by atoms with E-state index in [2.05, 4.69) is 34.3 Å². The van der Waals surface area contributed by atoms with Gasteiger partial charge in [-0.3, -0.25) is 14.5 Å². The van der Waals surface area contributed by atoms with Crippen molar-refractivity contribution in [3.05, 3.63) is 57.9 Å². The van der Waals surface area contributed by atoms with Crippen LogP contribution < -0.4 is 20.3 Å². The van der Waals surface area contributed by atoms with Crippen molar-refractivity contribution >= 4 is 5.69 Å². The predicted octanol–water partition coefficient (Wildman–Crippen LogP) is 2.66. The largest absolute Gasteiger partial charge is 0.495 e. The van der Waals surface area contributed by atoms with E-state index in [4.69, 9.17) is 9.47 Å². The van der Waals surface area contributed by atoms with Gasteiger partial charge < -0.3 is 14.8 Å². The fourth-order valence-electron chi connectivity index (χ4n) is 3.22. The number of hydrogen-bond donors (Lipinski definition) is 1. The van der Waals surface area contributed by atoms with E-state index >= 15 is 0 Å². The van der Waals surface area contributed by atoms with Crippen LogP contribution in [0, 0.1) is 12.8 Å². The molecule has 0 saturated carbocycles. The number of aromatic nitrogens is 5. The molecule has 3 rings (SSSR count). The van der Waals surface area contributed by atoms with Gasteiger partial charge in [0.2, 0.25) is 5.88 Å². The van der Waals surface area contributed by atoms with Crippen LogP contribution >= 0.6 is 0 Å². The highest BCUT2D eigenvalue weighted by Gasteiger charge is 2.18. The number of anilines is 1. The lowest BCUT2D eigenvalue weighted by atomic mass is 9.93. The molecule has 0 fully saturated rings. The Kier molecular flexibility index (Phi) is 6.94. The topological polar surface area (TPSA) is 96.1 Å². The Labute approximate surface area is 182 Å². The summed E-state index contributed by atoms with van der Waals surface area (Å²) in [5.41, 5.74) is 3.13. The Morgan fingerprint density at radius 3 is 2.58 bits per heavy atom. The van der Waals surface area contributed by atoms with E-state index in [9.17, 15) is 4.79 Å². The van der Waals surface area contributed by atoms with Crippen molar-refractivity contribution < 1.29 is 9.47 Å². The van der Waals surface area contributed by atoms with Gasteiger partial charge in [-0.2, -0.15) is 5.10 Å². The Morgan fingerprint density at radius 1 is 1.19 bits per heavy atom. The molecule has 0 aliphatic heterocycles. The zero-order valence-corrected chi connectivity index (χ0v) is 18.9. The van der Waals surface area contributed by atoms with Crippen LogP contribution in [0.15, 0.2) is 35.4 Å². The van der Waals surface area contributed by atoms with Crippen LogP contribution in [0.2, 0.25) is 0 Å². The number of methoxy groups -OCH3 is 1. The van der Waals surface area contributed by atoms with E-state index in [1.54, 1.807) is 31.1 Å². The van der Waals surface area contributed by atoms with E-state index < -0.39 is 0 Å². The van der Waals surface area contributed by atoms with Gasteiger partial charge in [0, 0.05) is 38.0 Å². The number of pyridine rings is 1. The van der Waals surface area contributed by atoms with E-state index in [1.165, 1.54) is 4.68 Å². The smallest absolute Gasteiger partial charge is 0.290 e. The zero-order valence-electron chi connectivity index (χ0n) is 18.9. The van der Waals surface area contributed by atoms with Gasteiger partial charge in [-0.05, 0) is 30.5 Å². The maximum atomic E-state index is 12.5. The highest BCUT2D eigenvalue weighted by Crippen LogP contribution is 2.24. The third-order valence-corrected chi connectivity index (χ3v) is 5.41. The van der Waals surface area contributed by atoms with Gasteiger partial charge in [0.25, 0.3) is 5.56 Å². The van der Waals surface area contributed by atoms with Crippen LogP contribution in [-0.2, 0) is 20.6 Å². The first-order valence-corrected chi connectivity index (χ1v) is 10.2. The fourth-order valence-corrected chi connectivity index (χ4v) is 3.22. The molecule has 3 aromatic rings. The van der Waals surface area contributed by atoms with Crippen molar-refractivity contribution in [2.24, 2.45) is 20.0 Å². The number of nitrogens with zero attached hydrogens (tertiary/aromatic N) is 5. The standard InChI is InChI=1S/C22H30N6O3/c1-14-12-27(4)25-20(14)11-24-19-9-21(26-28(5)22(19)29)31-13-15(2)16(3)18-8-7-17(30-6)10-23-18/h7-10,12,15-16,24H,11,13H2,1-6H3. The first-order valence-electron chi connectivity index (χ1n) is 10.2. The molecule has 166 valence electrons. The summed E-state index contributed by atoms with van der Waals surface area (Å²) < 4.78 is 14.1. The van der Waals surface area contributed by atoms with Crippen molar-refractivity contribution in [2.75, 3.05) is 19.0 Å². The Bertz CT molecular complexity index is 1070. The van der Waals surface area contributed by atoms with Crippen LogP contribution in [0.4, 0.5) is 5.69 Å². The van der Waals surface area contributed by atoms with Gasteiger partial charge in [-0.15, -0.1) is 5.10 Å². The molecule has 1 N–H and O–H groups in total. The molecule has 3 aromatic heterocycles. The molecule has 3 heterocycles. The summed E-state index contributed by atoms with van der Waals surface area (Å²) in [5.74, 6) is 1.50. The zero-order chi connectivity index (χ0) is 22.5. The lowest BCUT2D eigenvalue weighted by Crippen LogP contribution is -2.25. The van der Waals surface area contributed by atoms with Crippen LogP contribution in [0.25, 0.3) is 0 Å². The molecule has 0 aromatic carbocycles. The van der Waals surface area contributed by atoms with Gasteiger partial charge in [-0.25, -0.2) is 4.68 Å². The number of rotatable bonds is 9. The fraction of sp³-hybridized carbons (Fsp3) is 0.455. The normalized spacial score (nSPS) is 13.0. The highest BCUT2D eigenvalue weighted by atomic mass is 16.5. The second kappa shape index (κ2) is 9.63. The number of aryl methyl sites for hydroxylation is 3. The van der Waals surface area contributed by atoms with Crippen molar-refractivity contribution in [3.8, 4) is 11.6 Å². The summed E-state index contributed by atoms with van der Waals surface area (Å²) in [6.45, 7) is 7.09. The summed E-state index contributed by atoms with van der Waals surface area (Å²) in [4.78, 5) is 16.9. The molecular weight excluding hydrogens is 396 g/mol. The van der Waals surface area contributed by atoms with Crippen molar-refractivity contribution in [1.82, 2.24) is 24.5 Å². The minimum atomic E-state index is -0.218. The summed E-state index contributed by atoms with van der Waals surface area (Å²) in [5, 5.41) is 11.8. The van der Waals surface area contributed by atoms with E-state index in [0.717, 1.165) is 22.7 Å². The quantitative estimate of drug-likeness (QED) is 0.562. The van der Waals surface area contributed by atoms with Gasteiger partial charge in [-0.1, -0.05) is 13.8 Å². The molecule has 9 heteroatoms. The van der Waals surface area contributed by atoms with E-state index in [0.29, 0.717) is 24.7 Å². The van der Waals surface area contributed by atoms with Gasteiger partial charge in [0.1, 0.15) is 11.4 Å². The average molecular weight is 427 g/mol. The molecule has 0 bridgehead atoms. The third-order valence-electron chi connectivity index (χ3n) is 5.41. The maximum absolute atomic E-state index is 12.5. The number of nitrogens with one attached hydrogen (secondary N) is 1. The molecule has 0 aliphatic rings. The second-order valence-corrected chi connectivity index (χ2v) is 7.81.